The number of carbonyl (C=O) groups excluding carboxylic acids is 1. The van der Waals surface area contributed by atoms with Crippen molar-refractivity contribution in [3.63, 3.8) is 0 Å². The number of nitrogens with one attached hydrogen (secondary N) is 1. The fourth-order valence-electron chi connectivity index (χ4n) is 2.07. The summed E-state index contributed by atoms with van der Waals surface area (Å²) >= 11 is 5.97. The molecule has 1 N–H and O–H groups in total. The van der Waals surface area contributed by atoms with Crippen LogP contribution in [0.15, 0.2) is 24.3 Å². The fourth-order valence-corrected chi connectivity index (χ4v) is 2.25. The number of nitrogens with zero attached hydrogens (tertiary/aromatic N) is 3. The molecule has 6 heteroatoms. The van der Waals surface area contributed by atoms with Gasteiger partial charge < -0.3 is 15.1 Å². The zero-order chi connectivity index (χ0) is 13.7. The second-order valence-corrected chi connectivity index (χ2v) is 4.71. The number of amides is 2. The van der Waals surface area contributed by atoms with E-state index in [0.717, 1.165) is 18.8 Å². The number of nitriles is 1. The van der Waals surface area contributed by atoms with Gasteiger partial charge in [0.15, 0.2) is 0 Å². The van der Waals surface area contributed by atoms with Crippen LogP contribution in [-0.4, -0.2) is 43.7 Å². The summed E-state index contributed by atoms with van der Waals surface area (Å²) in [6, 6.07) is 9.42. The van der Waals surface area contributed by atoms with Crippen molar-refractivity contribution < 1.29 is 4.79 Å². The summed E-state index contributed by atoms with van der Waals surface area (Å²) in [5.74, 6) is 0. The molecule has 5 nitrogen and oxygen atoms in total. The molecule has 1 heterocycles. The molecule has 100 valence electrons. The fraction of sp³-hybridized carbons (Fsp3) is 0.385. The first-order valence-electron chi connectivity index (χ1n) is 6.11. The Morgan fingerprint density at radius 2 is 2.11 bits per heavy atom. The third kappa shape index (κ3) is 3.52. The molecule has 1 aliphatic rings. The lowest BCUT2D eigenvalue weighted by atomic mass is 10.2. The van der Waals surface area contributed by atoms with Gasteiger partial charge in [-0.25, -0.2) is 4.79 Å². The Morgan fingerprint density at radius 3 is 2.74 bits per heavy atom. The average molecular weight is 279 g/mol. The van der Waals surface area contributed by atoms with Crippen LogP contribution in [0.4, 0.5) is 10.5 Å². The molecule has 1 fully saturated rings. The Hall–Kier alpha value is -1.93. The van der Waals surface area contributed by atoms with E-state index in [1.807, 2.05) is 30.3 Å². The van der Waals surface area contributed by atoms with E-state index >= 15 is 0 Å². The van der Waals surface area contributed by atoms with Crippen LogP contribution in [0.25, 0.3) is 0 Å². The van der Waals surface area contributed by atoms with E-state index in [9.17, 15) is 4.79 Å². The maximum absolute atomic E-state index is 11.7. The number of anilines is 1. The van der Waals surface area contributed by atoms with Crippen molar-refractivity contribution in [1.82, 2.24) is 10.2 Å². The summed E-state index contributed by atoms with van der Waals surface area (Å²) in [5.41, 5.74) is 1.07. The molecule has 1 aliphatic heterocycles. The molecule has 0 spiro atoms. The van der Waals surface area contributed by atoms with E-state index in [0.29, 0.717) is 18.1 Å². The summed E-state index contributed by atoms with van der Waals surface area (Å²) in [5, 5.41) is 11.7. The zero-order valence-corrected chi connectivity index (χ0v) is 11.2. The topological polar surface area (TPSA) is 59.4 Å². The molecule has 1 aromatic rings. The number of hydrogen-bond donors (Lipinski definition) is 1. The lowest BCUT2D eigenvalue weighted by Gasteiger charge is -2.36. The molecule has 0 aliphatic carbocycles. The molecule has 0 atom stereocenters. The quantitative estimate of drug-likeness (QED) is 0.838. The summed E-state index contributed by atoms with van der Waals surface area (Å²) in [6.45, 7) is 2.86. The number of benzene rings is 1. The predicted octanol–water partition coefficient (Wildman–Crippen LogP) is 1.70. The van der Waals surface area contributed by atoms with Crippen LogP contribution in [0.5, 0.6) is 0 Å². The Balaban J connectivity index is 1.89. The highest BCUT2D eigenvalue weighted by atomic mass is 35.5. The molecule has 1 saturated heterocycles. The van der Waals surface area contributed by atoms with E-state index in [1.165, 1.54) is 0 Å². The van der Waals surface area contributed by atoms with Crippen LogP contribution in [0.3, 0.4) is 0 Å². The van der Waals surface area contributed by atoms with Crippen molar-refractivity contribution in [1.29, 1.82) is 5.26 Å². The van der Waals surface area contributed by atoms with Crippen molar-refractivity contribution >= 4 is 23.3 Å². The van der Waals surface area contributed by atoms with Gasteiger partial charge in [-0.05, 0) is 18.2 Å². The molecule has 0 unspecified atom stereocenters. The van der Waals surface area contributed by atoms with Crippen LogP contribution >= 0.6 is 11.6 Å². The number of carbonyl (C=O) groups is 1. The molecular formula is C13H15ClN4O. The standard InChI is InChI=1S/C13H15ClN4O/c14-11-2-1-3-12(10-11)17-6-8-18(9-7-17)13(19)16-5-4-15/h1-3,10H,5-9H2,(H,16,19). The van der Waals surface area contributed by atoms with Crippen LogP contribution in [0.1, 0.15) is 0 Å². The highest BCUT2D eigenvalue weighted by molar-refractivity contribution is 6.30. The van der Waals surface area contributed by atoms with E-state index in [1.54, 1.807) is 4.90 Å². The first kappa shape index (κ1) is 13.5. The minimum absolute atomic E-state index is 0.0489. The maximum atomic E-state index is 11.7. The highest BCUT2D eigenvalue weighted by Gasteiger charge is 2.20. The van der Waals surface area contributed by atoms with Gasteiger partial charge in [-0.3, -0.25) is 0 Å². The SMILES string of the molecule is N#CCNC(=O)N1CCN(c2cccc(Cl)c2)CC1. The molecular weight excluding hydrogens is 264 g/mol. The Labute approximate surface area is 117 Å². The molecule has 0 saturated carbocycles. The average Bonchev–Trinajstić information content (AvgIpc) is 2.45. The number of rotatable bonds is 2. The molecule has 0 radical (unpaired) electrons. The summed E-state index contributed by atoms with van der Waals surface area (Å²) in [6.07, 6.45) is 0. The van der Waals surface area contributed by atoms with Crippen molar-refractivity contribution in [2.75, 3.05) is 37.6 Å². The largest absolute Gasteiger partial charge is 0.368 e. The van der Waals surface area contributed by atoms with Gasteiger partial charge in [0.1, 0.15) is 6.54 Å². The molecule has 19 heavy (non-hydrogen) atoms. The third-order valence-electron chi connectivity index (χ3n) is 3.06. The van der Waals surface area contributed by atoms with Crippen LogP contribution < -0.4 is 10.2 Å². The highest BCUT2D eigenvalue weighted by Crippen LogP contribution is 2.20. The Bertz CT molecular complexity index is 492. The second kappa shape index (κ2) is 6.30. The van der Waals surface area contributed by atoms with E-state index in [-0.39, 0.29) is 12.6 Å². The van der Waals surface area contributed by atoms with Crippen molar-refractivity contribution in [3.05, 3.63) is 29.3 Å². The lowest BCUT2D eigenvalue weighted by molar-refractivity contribution is 0.195. The van der Waals surface area contributed by atoms with Crippen molar-refractivity contribution in [3.8, 4) is 6.07 Å². The van der Waals surface area contributed by atoms with Gasteiger partial charge in [0, 0.05) is 36.9 Å². The number of urea groups is 1. The van der Waals surface area contributed by atoms with Gasteiger partial charge in [-0.15, -0.1) is 0 Å². The van der Waals surface area contributed by atoms with Crippen molar-refractivity contribution in [2.24, 2.45) is 0 Å². The monoisotopic (exact) mass is 278 g/mol. The number of halogens is 1. The Kier molecular flexibility index (Phi) is 4.48. The summed E-state index contributed by atoms with van der Waals surface area (Å²) in [4.78, 5) is 15.6. The summed E-state index contributed by atoms with van der Waals surface area (Å²) < 4.78 is 0. The number of piperazine rings is 1. The molecule has 2 rings (SSSR count). The molecule has 1 aromatic carbocycles. The second-order valence-electron chi connectivity index (χ2n) is 4.27. The first-order valence-corrected chi connectivity index (χ1v) is 6.49. The zero-order valence-electron chi connectivity index (χ0n) is 10.5. The number of hydrogen-bond acceptors (Lipinski definition) is 3. The third-order valence-corrected chi connectivity index (χ3v) is 3.29. The molecule has 2 amide bonds. The van der Waals surface area contributed by atoms with Gasteiger partial charge in [-0.2, -0.15) is 5.26 Å². The van der Waals surface area contributed by atoms with E-state index < -0.39 is 0 Å². The first-order chi connectivity index (χ1) is 9.20. The lowest BCUT2D eigenvalue weighted by Crippen LogP contribution is -2.51. The smallest absolute Gasteiger partial charge is 0.318 e. The van der Waals surface area contributed by atoms with Crippen molar-refractivity contribution in [2.45, 2.75) is 0 Å². The maximum Gasteiger partial charge on any atom is 0.318 e. The van der Waals surface area contributed by atoms with Gasteiger partial charge in [0.2, 0.25) is 0 Å². The normalized spacial score (nSPS) is 14.9. The van der Waals surface area contributed by atoms with Gasteiger partial charge in [0.25, 0.3) is 0 Å². The predicted molar refractivity (Wildman–Crippen MR) is 74.2 cm³/mol. The van der Waals surface area contributed by atoms with Gasteiger partial charge in [-0.1, -0.05) is 17.7 Å². The van der Waals surface area contributed by atoms with E-state index in [4.69, 9.17) is 16.9 Å². The Morgan fingerprint density at radius 1 is 1.37 bits per heavy atom. The van der Waals surface area contributed by atoms with Gasteiger partial charge in [0.05, 0.1) is 6.07 Å². The molecule has 0 aromatic heterocycles. The van der Waals surface area contributed by atoms with Crippen LogP contribution in [0, 0.1) is 11.3 Å². The molecule has 0 bridgehead atoms. The van der Waals surface area contributed by atoms with Crippen LogP contribution in [-0.2, 0) is 0 Å². The minimum Gasteiger partial charge on any atom is -0.368 e. The minimum atomic E-state index is -0.174. The van der Waals surface area contributed by atoms with Gasteiger partial charge >= 0.3 is 6.03 Å². The summed E-state index contributed by atoms with van der Waals surface area (Å²) in [7, 11) is 0. The van der Waals surface area contributed by atoms with Crippen LogP contribution in [0.2, 0.25) is 5.02 Å². The van der Waals surface area contributed by atoms with E-state index in [2.05, 4.69) is 10.2 Å².